The molecule has 1 aromatic carbocycles. The van der Waals surface area contributed by atoms with Gasteiger partial charge in [0.25, 0.3) is 0 Å². The zero-order valence-electron chi connectivity index (χ0n) is 8.32. The number of carbonyl (C=O) groups excluding carboxylic acids is 1. The van der Waals surface area contributed by atoms with Gasteiger partial charge in [0.2, 0.25) is 0 Å². The molecule has 0 amide bonds. The molecule has 0 aromatic heterocycles. The first-order valence-electron chi connectivity index (χ1n) is 5.08. The molecule has 0 atom stereocenters. The van der Waals surface area contributed by atoms with Crippen molar-refractivity contribution in [3.8, 4) is 5.75 Å². The van der Waals surface area contributed by atoms with Gasteiger partial charge in [-0.1, -0.05) is 6.92 Å². The monoisotopic (exact) mass is 190 g/mol. The van der Waals surface area contributed by atoms with Crippen molar-refractivity contribution in [1.82, 2.24) is 0 Å². The normalized spacial score (nSPS) is 15.2. The van der Waals surface area contributed by atoms with Gasteiger partial charge >= 0.3 is 0 Å². The van der Waals surface area contributed by atoms with Crippen molar-refractivity contribution < 1.29 is 9.53 Å². The molecular formula is C12H14O2. The molecule has 0 saturated heterocycles. The van der Waals surface area contributed by atoms with Gasteiger partial charge in [-0.05, 0) is 43.0 Å². The maximum atomic E-state index is 10.7. The highest BCUT2D eigenvalue weighted by Crippen LogP contribution is 2.27. The molecule has 0 radical (unpaired) electrons. The van der Waals surface area contributed by atoms with E-state index < -0.39 is 0 Å². The quantitative estimate of drug-likeness (QED) is 0.682. The highest BCUT2D eigenvalue weighted by atomic mass is 16.5. The Morgan fingerprint density at radius 3 is 2.86 bits per heavy atom. The van der Waals surface area contributed by atoms with E-state index in [4.69, 9.17) is 4.74 Å². The number of aryl methyl sites for hydroxylation is 1. The molecule has 74 valence electrons. The fourth-order valence-electron chi connectivity index (χ4n) is 1.45. The van der Waals surface area contributed by atoms with E-state index >= 15 is 0 Å². The Labute approximate surface area is 83.9 Å². The van der Waals surface area contributed by atoms with Gasteiger partial charge in [0.15, 0.2) is 0 Å². The number of ether oxygens (including phenoxy) is 1. The molecule has 0 unspecified atom stereocenters. The SMILES string of the molecule is CCc1cc(OC2CC2)ccc1C=O. The number of aldehydes is 1. The van der Waals surface area contributed by atoms with Gasteiger partial charge in [0, 0.05) is 5.56 Å². The van der Waals surface area contributed by atoms with Crippen molar-refractivity contribution in [2.45, 2.75) is 32.3 Å². The van der Waals surface area contributed by atoms with Crippen molar-refractivity contribution in [2.75, 3.05) is 0 Å². The molecule has 1 saturated carbocycles. The lowest BCUT2D eigenvalue weighted by molar-refractivity contribution is 0.112. The second-order valence-electron chi connectivity index (χ2n) is 3.65. The maximum absolute atomic E-state index is 10.7. The molecule has 2 rings (SSSR count). The molecule has 1 aromatic rings. The van der Waals surface area contributed by atoms with Crippen LogP contribution in [0.4, 0.5) is 0 Å². The van der Waals surface area contributed by atoms with Crippen LogP contribution < -0.4 is 4.74 Å². The largest absolute Gasteiger partial charge is 0.490 e. The zero-order chi connectivity index (χ0) is 9.97. The van der Waals surface area contributed by atoms with Crippen LogP contribution in [0.1, 0.15) is 35.7 Å². The molecule has 1 fully saturated rings. The third kappa shape index (κ3) is 1.95. The van der Waals surface area contributed by atoms with E-state index in [2.05, 4.69) is 0 Å². The molecule has 0 bridgehead atoms. The minimum atomic E-state index is 0.418. The molecular weight excluding hydrogens is 176 g/mol. The van der Waals surface area contributed by atoms with Crippen molar-refractivity contribution >= 4 is 6.29 Å². The Kier molecular flexibility index (Phi) is 2.53. The van der Waals surface area contributed by atoms with E-state index in [9.17, 15) is 4.79 Å². The van der Waals surface area contributed by atoms with Gasteiger partial charge in [-0.3, -0.25) is 4.79 Å². The van der Waals surface area contributed by atoms with Crippen LogP contribution in [0.5, 0.6) is 5.75 Å². The minimum absolute atomic E-state index is 0.418. The predicted molar refractivity (Wildman–Crippen MR) is 54.9 cm³/mol. The van der Waals surface area contributed by atoms with Crippen LogP contribution in [0, 0.1) is 0 Å². The maximum Gasteiger partial charge on any atom is 0.150 e. The summed E-state index contributed by atoms with van der Waals surface area (Å²) in [6.45, 7) is 2.04. The topological polar surface area (TPSA) is 26.3 Å². The van der Waals surface area contributed by atoms with Crippen LogP contribution in [-0.2, 0) is 6.42 Å². The lowest BCUT2D eigenvalue weighted by atomic mass is 10.1. The Hall–Kier alpha value is -1.31. The number of benzene rings is 1. The molecule has 1 aliphatic carbocycles. The summed E-state index contributed by atoms with van der Waals surface area (Å²) < 4.78 is 5.65. The number of hydrogen-bond donors (Lipinski definition) is 0. The third-order valence-electron chi connectivity index (χ3n) is 2.45. The molecule has 1 aliphatic rings. The van der Waals surface area contributed by atoms with Crippen LogP contribution in [0.2, 0.25) is 0 Å². The molecule has 0 N–H and O–H groups in total. The van der Waals surface area contributed by atoms with E-state index in [0.29, 0.717) is 6.10 Å². The van der Waals surface area contributed by atoms with Crippen molar-refractivity contribution in [2.24, 2.45) is 0 Å². The smallest absolute Gasteiger partial charge is 0.150 e. The molecule has 2 heteroatoms. The summed E-state index contributed by atoms with van der Waals surface area (Å²) in [7, 11) is 0. The van der Waals surface area contributed by atoms with Crippen molar-refractivity contribution in [3.05, 3.63) is 29.3 Å². The van der Waals surface area contributed by atoms with Gasteiger partial charge in [-0.15, -0.1) is 0 Å². The van der Waals surface area contributed by atoms with E-state index in [1.54, 1.807) is 0 Å². The van der Waals surface area contributed by atoms with E-state index in [1.807, 2.05) is 25.1 Å². The van der Waals surface area contributed by atoms with Crippen molar-refractivity contribution in [1.29, 1.82) is 0 Å². The molecule has 0 heterocycles. The van der Waals surface area contributed by atoms with E-state index in [0.717, 1.165) is 42.4 Å². The average Bonchev–Trinajstić information content (AvgIpc) is 3.01. The highest BCUT2D eigenvalue weighted by molar-refractivity contribution is 5.77. The van der Waals surface area contributed by atoms with Gasteiger partial charge in [0.1, 0.15) is 12.0 Å². The minimum Gasteiger partial charge on any atom is -0.490 e. The Morgan fingerprint density at radius 2 is 2.29 bits per heavy atom. The Balaban J connectivity index is 2.20. The summed E-state index contributed by atoms with van der Waals surface area (Å²) in [6.07, 6.45) is 4.52. The first-order chi connectivity index (χ1) is 6.83. The second-order valence-corrected chi connectivity index (χ2v) is 3.65. The fourth-order valence-corrected chi connectivity index (χ4v) is 1.45. The Bertz CT molecular complexity index is 340. The van der Waals surface area contributed by atoms with E-state index in [1.165, 1.54) is 0 Å². The standard InChI is InChI=1S/C12H14O2/c1-2-9-7-12(14-11-5-6-11)4-3-10(9)8-13/h3-4,7-8,11H,2,5-6H2,1H3. The van der Waals surface area contributed by atoms with Gasteiger partial charge in [0.05, 0.1) is 6.10 Å². The van der Waals surface area contributed by atoms with Gasteiger partial charge in [-0.2, -0.15) is 0 Å². The number of carbonyl (C=O) groups is 1. The molecule has 14 heavy (non-hydrogen) atoms. The Morgan fingerprint density at radius 1 is 1.50 bits per heavy atom. The summed E-state index contributed by atoms with van der Waals surface area (Å²) in [4.78, 5) is 10.7. The third-order valence-corrected chi connectivity index (χ3v) is 2.45. The second kappa shape index (κ2) is 3.82. The van der Waals surface area contributed by atoms with Crippen LogP contribution in [0.15, 0.2) is 18.2 Å². The summed E-state index contributed by atoms with van der Waals surface area (Å²) in [6, 6.07) is 5.69. The first kappa shape index (κ1) is 9.25. The van der Waals surface area contributed by atoms with Gasteiger partial charge in [-0.25, -0.2) is 0 Å². The molecule has 0 spiro atoms. The van der Waals surface area contributed by atoms with E-state index in [-0.39, 0.29) is 0 Å². The van der Waals surface area contributed by atoms with Crippen LogP contribution in [0.3, 0.4) is 0 Å². The lowest BCUT2D eigenvalue weighted by Gasteiger charge is -2.07. The summed E-state index contributed by atoms with van der Waals surface area (Å²) in [5.41, 5.74) is 1.84. The van der Waals surface area contributed by atoms with Gasteiger partial charge < -0.3 is 4.74 Å². The van der Waals surface area contributed by atoms with Crippen LogP contribution >= 0.6 is 0 Å². The average molecular weight is 190 g/mol. The molecule has 2 nitrogen and oxygen atoms in total. The highest BCUT2D eigenvalue weighted by Gasteiger charge is 2.23. The lowest BCUT2D eigenvalue weighted by Crippen LogP contribution is -1.98. The van der Waals surface area contributed by atoms with Crippen LogP contribution in [-0.4, -0.2) is 12.4 Å². The van der Waals surface area contributed by atoms with Crippen LogP contribution in [0.25, 0.3) is 0 Å². The fraction of sp³-hybridized carbons (Fsp3) is 0.417. The van der Waals surface area contributed by atoms with Crippen molar-refractivity contribution in [3.63, 3.8) is 0 Å². The number of hydrogen-bond acceptors (Lipinski definition) is 2. The summed E-state index contributed by atoms with van der Waals surface area (Å²) in [5.74, 6) is 0.898. The molecule has 0 aliphatic heterocycles. The zero-order valence-corrected chi connectivity index (χ0v) is 8.32. The summed E-state index contributed by atoms with van der Waals surface area (Å²) in [5, 5.41) is 0. The predicted octanol–water partition coefficient (Wildman–Crippen LogP) is 2.60. The summed E-state index contributed by atoms with van der Waals surface area (Å²) >= 11 is 0. The first-order valence-corrected chi connectivity index (χ1v) is 5.08. The number of rotatable bonds is 4.